The lowest BCUT2D eigenvalue weighted by atomic mass is 9.99. The summed E-state index contributed by atoms with van der Waals surface area (Å²) in [5, 5.41) is 3.43. The highest BCUT2D eigenvalue weighted by atomic mass is 16.5. The second-order valence-electron chi connectivity index (χ2n) is 5.14. The zero-order valence-corrected chi connectivity index (χ0v) is 12.8. The summed E-state index contributed by atoms with van der Waals surface area (Å²) in [7, 11) is 5.98. The van der Waals surface area contributed by atoms with E-state index in [2.05, 4.69) is 48.5 Å². The van der Waals surface area contributed by atoms with E-state index in [1.165, 1.54) is 11.1 Å². The zero-order valence-electron chi connectivity index (χ0n) is 12.8. The summed E-state index contributed by atoms with van der Waals surface area (Å²) in [6, 6.07) is 9.06. The number of methoxy groups -OCH3 is 1. The van der Waals surface area contributed by atoms with Gasteiger partial charge in [-0.2, -0.15) is 0 Å². The number of aryl methyl sites for hydroxylation is 1. The molecule has 0 aromatic heterocycles. The Morgan fingerprint density at radius 2 is 2.00 bits per heavy atom. The lowest BCUT2D eigenvalue weighted by Gasteiger charge is -2.23. The molecule has 1 atom stereocenters. The number of nitrogens with zero attached hydrogens (tertiary/aromatic N) is 1. The van der Waals surface area contributed by atoms with Crippen molar-refractivity contribution < 1.29 is 4.74 Å². The maximum atomic E-state index is 5.09. The summed E-state index contributed by atoms with van der Waals surface area (Å²) in [5.74, 6) is 0. The zero-order chi connectivity index (χ0) is 14.1. The second-order valence-corrected chi connectivity index (χ2v) is 5.14. The molecule has 1 aromatic rings. The quantitative estimate of drug-likeness (QED) is 0.694. The van der Waals surface area contributed by atoms with Gasteiger partial charge in [-0.25, -0.2) is 0 Å². The van der Waals surface area contributed by atoms with Crippen LogP contribution in [0.5, 0.6) is 0 Å². The van der Waals surface area contributed by atoms with Crippen molar-refractivity contribution in [3.8, 4) is 0 Å². The number of hydrogen-bond donors (Lipinski definition) is 1. The molecule has 3 heteroatoms. The summed E-state index contributed by atoms with van der Waals surface area (Å²) in [6.07, 6.45) is 2.23. The van der Waals surface area contributed by atoms with Gasteiger partial charge in [0.05, 0.1) is 0 Å². The second kappa shape index (κ2) is 9.08. The van der Waals surface area contributed by atoms with Gasteiger partial charge < -0.3 is 15.0 Å². The molecule has 0 fully saturated rings. The Balaban J connectivity index is 2.43. The molecule has 1 rings (SSSR count). The van der Waals surface area contributed by atoms with Crippen LogP contribution in [0.1, 0.15) is 30.0 Å². The van der Waals surface area contributed by atoms with Crippen molar-refractivity contribution in [1.82, 2.24) is 10.2 Å². The molecule has 0 saturated carbocycles. The molecule has 1 aromatic carbocycles. The molecule has 0 amide bonds. The molecule has 1 unspecified atom stereocenters. The Morgan fingerprint density at radius 3 is 2.63 bits per heavy atom. The molecule has 19 heavy (non-hydrogen) atoms. The fraction of sp³-hybridized carbons (Fsp3) is 0.625. The van der Waals surface area contributed by atoms with Gasteiger partial charge in [0.2, 0.25) is 0 Å². The molecule has 3 nitrogen and oxygen atoms in total. The van der Waals surface area contributed by atoms with E-state index in [4.69, 9.17) is 4.74 Å². The maximum absolute atomic E-state index is 5.09. The highest BCUT2D eigenvalue weighted by molar-refractivity contribution is 5.28. The highest BCUT2D eigenvalue weighted by Gasteiger charge is 2.11. The minimum atomic E-state index is 0.436. The average molecular weight is 264 g/mol. The molecular weight excluding hydrogens is 236 g/mol. The number of benzene rings is 1. The Hall–Kier alpha value is -0.900. The third kappa shape index (κ3) is 5.72. The number of ether oxygens (including phenoxy) is 1. The van der Waals surface area contributed by atoms with Crippen LogP contribution in [-0.4, -0.2) is 45.8 Å². The molecular formula is C16H28N2O. The van der Waals surface area contributed by atoms with Crippen LogP contribution in [0.2, 0.25) is 0 Å². The van der Waals surface area contributed by atoms with Gasteiger partial charge in [0.15, 0.2) is 0 Å². The van der Waals surface area contributed by atoms with Crippen LogP contribution in [0, 0.1) is 6.92 Å². The van der Waals surface area contributed by atoms with Crippen LogP contribution >= 0.6 is 0 Å². The Morgan fingerprint density at radius 1 is 1.26 bits per heavy atom. The van der Waals surface area contributed by atoms with Crippen molar-refractivity contribution >= 4 is 0 Å². The normalized spacial score (nSPS) is 12.9. The number of hydrogen-bond acceptors (Lipinski definition) is 3. The van der Waals surface area contributed by atoms with Gasteiger partial charge in [0.1, 0.15) is 0 Å². The predicted octanol–water partition coefficient (Wildman–Crippen LogP) is 2.61. The van der Waals surface area contributed by atoms with Crippen molar-refractivity contribution in [2.75, 3.05) is 40.9 Å². The molecule has 0 saturated heterocycles. The van der Waals surface area contributed by atoms with Crippen molar-refractivity contribution in [2.24, 2.45) is 0 Å². The lowest BCUT2D eigenvalue weighted by Crippen LogP contribution is -2.27. The molecule has 0 aliphatic heterocycles. The van der Waals surface area contributed by atoms with Crippen LogP contribution < -0.4 is 5.32 Å². The first-order valence-electron chi connectivity index (χ1n) is 7.09. The molecule has 0 heterocycles. The molecule has 0 spiro atoms. The van der Waals surface area contributed by atoms with Crippen molar-refractivity contribution in [1.29, 1.82) is 0 Å². The summed E-state index contributed by atoms with van der Waals surface area (Å²) in [4.78, 5) is 2.38. The largest absolute Gasteiger partial charge is 0.385 e. The monoisotopic (exact) mass is 264 g/mol. The highest BCUT2D eigenvalue weighted by Crippen LogP contribution is 2.20. The standard InChI is InChI=1S/C16H28N2O/c1-14-8-5-6-9-15(14)16(17-2)10-12-18(3)11-7-13-19-4/h5-6,8-9,16-17H,7,10-13H2,1-4H3. The van der Waals surface area contributed by atoms with Crippen LogP contribution in [0.25, 0.3) is 0 Å². The van der Waals surface area contributed by atoms with Crippen molar-refractivity contribution in [2.45, 2.75) is 25.8 Å². The van der Waals surface area contributed by atoms with E-state index < -0.39 is 0 Å². The van der Waals surface area contributed by atoms with E-state index in [-0.39, 0.29) is 0 Å². The Kier molecular flexibility index (Phi) is 7.72. The van der Waals surface area contributed by atoms with Gasteiger partial charge in [-0.1, -0.05) is 24.3 Å². The molecule has 0 aliphatic rings. The summed E-state index contributed by atoms with van der Waals surface area (Å²) < 4.78 is 5.09. The van der Waals surface area contributed by atoms with Crippen LogP contribution in [0.3, 0.4) is 0 Å². The summed E-state index contributed by atoms with van der Waals surface area (Å²) >= 11 is 0. The summed E-state index contributed by atoms with van der Waals surface area (Å²) in [6.45, 7) is 5.22. The van der Waals surface area contributed by atoms with Gasteiger partial charge in [-0.05, 0) is 51.5 Å². The van der Waals surface area contributed by atoms with E-state index >= 15 is 0 Å². The van der Waals surface area contributed by atoms with E-state index in [0.29, 0.717) is 6.04 Å². The molecule has 0 radical (unpaired) electrons. The minimum absolute atomic E-state index is 0.436. The van der Waals surface area contributed by atoms with E-state index in [1.54, 1.807) is 7.11 Å². The minimum Gasteiger partial charge on any atom is -0.385 e. The van der Waals surface area contributed by atoms with Crippen molar-refractivity contribution in [3.63, 3.8) is 0 Å². The molecule has 0 aliphatic carbocycles. The topological polar surface area (TPSA) is 24.5 Å². The van der Waals surface area contributed by atoms with Crippen LogP contribution in [-0.2, 0) is 4.74 Å². The van der Waals surface area contributed by atoms with E-state index in [9.17, 15) is 0 Å². The fourth-order valence-electron chi connectivity index (χ4n) is 2.37. The fourth-order valence-corrected chi connectivity index (χ4v) is 2.37. The first-order valence-corrected chi connectivity index (χ1v) is 7.09. The van der Waals surface area contributed by atoms with Gasteiger partial charge in [0, 0.05) is 26.3 Å². The maximum Gasteiger partial charge on any atom is 0.0474 e. The van der Waals surface area contributed by atoms with Crippen LogP contribution in [0.15, 0.2) is 24.3 Å². The van der Waals surface area contributed by atoms with Gasteiger partial charge in [-0.3, -0.25) is 0 Å². The van der Waals surface area contributed by atoms with Gasteiger partial charge in [-0.15, -0.1) is 0 Å². The van der Waals surface area contributed by atoms with Crippen molar-refractivity contribution in [3.05, 3.63) is 35.4 Å². The smallest absolute Gasteiger partial charge is 0.0474 e. The number of rotatable bonds is 9. The average Bonchev–Trinajstić information content (AvgIpc) is 2.41. The van der Waals surface area contributed by atoms with E-state index in [1.807, 2.05) is 7.05 Å². The molecule has 0 bridgehead atoms. The van der Waals surface area contributed by atoms with Gasteiger partial charge in [0.25, 0.3) is 0 Å². The predicted molar refractivity (Wildman–Crippen MR) is 81.6 cm³/mol. The first kappa shape index (κ1) is 16.2. The third-order valence-corrected chi connectivity index (χ3v) is 3.60. The van der Waals surface area contributed by atoms with E-state index in [0.717, 1.165) is 32.5 Å². The van der Waals surface area contributed by atoms with Crippen LogP contribution in [0.4, 0.5) is 0 Å². The third-order valence-electron chi connectivity index (χ3n) is 3.60. The lowest BCUT2D eigenvalue weighted by molar-refractivity contribution is 0.178. The Bertz CT molecular complexity index is 354. The molecule has 1 N–H and O–H groups in total. The SMILES string of the molecule is CNC(CCN(C)CCCOC)c1ccccc1C. The molecule has 108 valence electrons. The number of nitrogens with one attached hydrogen (secondary N) is 1. The summed E-state index contributed by atoms with van der Waals surface area (Å²) in [5.41, 5.74) is 2.78. The first-order chi connectivity index (χ1) is 9.19. The van der Waals surface area contributed by atoms with Gasteiger partial charge >= 0.3 is 0 Å². The Labute approximate surface area is 118 Å².